The third kappa shape index (κ3) is 2.22. The molecule has 0 unspecified atom stereocenters. The molecular formula is C20H12BrCl. The van der Waals surface area contributed by atoms with E-state index in [0.717, 1.165) is 20.3 Å². The number of halogens is 2. The van der Waals surface area contributed by atoms with E-state index in [1.54, 1.807) is 0 Å². The van der Waals surface area contributed by atoms with Crippen LogP contribution in [0, 0.1) is 0 Å². The van der Waals surface area contributed by atoms with Gasteiger partial charge < -0.3 is 0 Å². The highest BCUT2D eigenvalue weighted by Gasteiger charge is 2.09. The predicted molar refractivity (Wildman–Crippen MR) is 99.6 cm³/mol. The molecule has 0 fully saturated rings. The SMILES string of the molecule is Clc1cccc2ccc(-c3c(Br)ccc4ccccc34)cc12. The van der Waals surface area contributed by atoms with Gasteiger partial charge in [0, 0.05) is 20.4 Å². The molecule has 2 heteroatoms. The average Bonchev–Trinajstić information content (AvgIpc) is 2.55. The number of hydrogen-bond acceptors (Lipinski definition) is 0. The largest absolute Gasteiger partial charge is 0.0837 e. The molecule has 4 rings (SSSR count). The van der Waals surface area contributed by atoms with Crippen molar-refractivity contribution in [1.29, 1.82) is 0 Å². The molecule has 0 saturated heterocycles. The van der Waals surface area contributed by atoms with Gasteiger partial charge in [0.2, 0.25) is 0 Å². The van der Waals surface area contributed by atoms with Gasteiger partial charge in [-0.25, -0.2) is 0 Å². The van der Waals surface area contributed by atoms with Gasteiger partial charge in [0.15, 0.2) is 0 Å². The van der Waals surface area contributed by atoms with Crippen molar-refractivity contribution < 1.29 is 0 Å². The molecular weight excluding hydrogens is 356 g/mol. The van der Waals surface area contributed by atoms with E-state index in [1.807, 2.05) is 12.1 Å². The zero-order valence-electron chi connectivity index (χ0n) is 11.7. The summed E-state index contributed by atoms with van der Waals surface area (Å²) in [6.07, 6.45) is 0. The Morgan fingerprint density at radius 3 is 2.32 bits per heavy atom. The molecule has 0 atom stereocenters. The molecule has 0 aliphatic carbocycles. The lowest BCUT2D eigenvalue weighted by molar-refractivity contribution is 1.64. The minimum absolute atomic E-state index is 0.788. The fourth-order valence-corrected chi connectivity index (χ4v) is 3.74. The first kappa shape index (κ1) is 13.8. The van der Waals surface area contributed by atoms with Gasteiger partial charge in [-0.2, -0.15) is 0 Å². The normalized spacial score (nSPS) is 11.2. The van der Waals surface area contributed by atoms with Crippen LogP contribution in [-0.2, 0) is 0 Å². The van der Waals surface area contributed by atoms with Crippen molar-refractivity contribution >= 4 is 49.1 Å². The van der Waals surface area contributed by atoms with Crippen molar-refractivity contribution in [3.63, 3.8) is 0 Å². The minimum atomic E-state index is 0.788. The Kier molecular flexibility index (Phi) is 3.40. The van der Waals surface area contributed by atoms with Gasteiger partial charge in [0.1, 0.15) is 0 Å². The van der Waals surface area contributed by atoms with Crippen LogP contribution in [0.2, 0.25) is 5.02 Å². The van der Waals surface area contributed by atoms with Crippen LogP contribution in [0.5, 0.6) is 0 Å². The van der Waals surface area contributed by atoms with Gasteiger partial charge in [0.25, 0.3) is 0 Å². The molecule has 0 N–H and O–H groups in total. The zero-order chi connectivity index (χ0) is 15.1. The van der Waals surface area contributed by atoms with Crippen LogP contribution in [0.3, 0.4) is 0 Å². The molecule has 0 aliphatic heterocycles. The maximum Gasteiger partial charge on any atom is 0.0484 e. The molecule has 0 radical (unpaired) electrons. The Hall–Kier alpha value is -1.83. The highest BCUT2D eigenvalue weighted by atomic mass is 79.9. The van der Waals surface area contributed by atoms with Gasteiger partial charge >= 0.3 is 0 Å². The van der Waals surface area contributed by atoms with Crippen LogP contribution in [0.1, 0.15) is 0 Å². The molecule has 0 aliphatic rings. The predicted octanol–water partition coefficient (Wildman–Crippen LogP) is 7.08. The number of benzene rings is 4. The maximum atomic E-state index is 6.36. The summed E-state index contributed by atoms with van der Waals surface area (Å²) in [4.78, 5) is 0. The van der Waals surface area contributed by atoms with Crippen LogP contribution in [0.4, 0.5) is 0 Å². The molecule has 4 aromatic rings. The average molecular weight is 368 g/mol. The summed E-state index contributed by atoms with van der Waals surface area (Å²) in [6.45, 7) is 0. The van der Waals surface area contributed by atoms with Gasteiger partial charge in [-0.3, -0.25) is 0 Å². The molecule has 0 saturated carbocycles. The summed E-state index contributed by atoms with van der Waals surface area (Å²) >= 11 is 10.1. The molecule has 0 amide bonds. The van der Waals surface area contributed by atoms with Gasteiger partial charge in [-0.15, -0.1) is 0 Å². The standard InChI is InChI=1S/C20H12BrCl/c21-18-11-10-13-4-1-2-6-16(13)20(18)15-9-8-14-5-3-7-19(22)17(14)12-15/h1-12H. The van der Waals surface area contributed by atoms with Crippen LogP contribution in [0.15, 0.2) is 77.3 Å². The highest BCUT2D eigenvalue weighted by molar-refractivity contribution is 9.10. The fourth-order valence-electron chi connectivity index (χ4n) is 2.93. The lowest BCUT2D eigenvalue weighted by Crippen LogP contribution is -1.85. The van der Waals surface area contributed by atoms with Crippen molar-refractivity contribution in [3.05, 3.63) is 82.3 Å². The van der Waals surface area contributed by atoms with E-state index < -0.39 is 0 Å². The first-order valence-corrected chi connectivity index (χ1v) is 8.27. The van der Waals surface area contributed by atoms with Crippen LogP contribution in [-0.4, -0.2) is 0 Å². The van der Waals surface area contributed by atoms with Crippen molar-refractivity contribution in [1.82, 2.24) is 0 Å². The zero-order valence-corrected chi connectivity index (χ0v) is 14.0. The Morgan fingerprint density at radius 1 is 0.682 bits per heavy atom. The smallest absolute Gasteiger partial charge is 0.0484 e. The summed E-state index contributed by atoms with van der Waals surface area (Å²) < 4.78 is 1.10. The fraction of sp³-hybridized carbons (Fsp3) is 0. The molecule has 0 heterocycles. The lowest BCUT2D eigenvalue weighted by atomic mass is 9.96. The first-order valence-electron chi connectivity index (χ1n) is 7.10. The molecule has 22 heavy (non-hydrogen) atoms. The topological polar surface area (TPSA) is 0 Å². The van der Waals surface area contributed by atoms with Gasteiger partial charge in [-0.05, 0) is 39.9 Å². The Labute approximate surface area is 142 Å². The van der Waals surface area contributed by atoms with E-state index in [9.17, 15) is 0 Å². The molecule has 0 aromatic heterocycles. The highest BCUT2D eigenvalue weighted by Crippen LogP contribution is 2.37. The van der Waals surface area contributed by atoms with Crippen molar-refractivity contribution in [2.45, 2.75) is 0 Å². The van der Waals surface area contributed by atoms with Crippen molar-refractivity contribution in [2.75, 3.05) is 0 Å². The van der Waals surface area contributed by atoms with E-state index in [4.69, 9.17) is 11.6 Å². The van der Waals surface area contributed by atoms with Crippen LogP contribution < -0.4 is 0 Å². The molecule has 0 bridgehead atoms. The Balaban J connectivity index is 2.07. The monoisotopic (exact) mass is 366 g/mol. The van der Waals surface area contributed by atoms with Crippen molar-refractivity contribution in [2.24, 2.45) is 0 Å². The molecule has 106 valence electrons. The number of fused-ring (bicyclic) bond motifs is 2. The second kappa shape index (κ2) is 5.42. The number of hydrogen-bond donors (Lipinski definition) is 0. The summed E-state index contributed by atoms with van der Waals surface area (Å²) in [6, 6.07) is 25.1. The molecule has 4 aromatic carbocycles. The quantitative estimate of drug-likeness (QED) is 0.337. The van der Waals surface area contributed by atoms with E-state index in [1.165, 1.54) is 21.9 Å². The summed E-state index contributed by atoms with van der Waals surface area (Å²) in [7, 11) is 0. The first-order chi connectivity index (χ1) is 10.7. The maximum absolute atomic E-state index is 6.36. The number of rotatable bonds is 1. The molecule has 0 nitrogen and oxygen atoms in total. The van der Waals surface area contributed by atoms with E-state index in [-0.39, 0.29) is 0 Å². The van der Waals surface area contributed by atoms with Crippen LogP contribution in [0.25, 0.3) is 32.7 Å². The minimum Gasteiger partial charge on any atom is -0.0837 e. The summed E-state index contributed by atoms with van der Waals surface area (Å²) in [5.74, 6) is 0. The van der Waals surface area contributed by atoms with E-state index in [2.05, 4.69) is 76.6 Å². The third-order valence-electron chi connectivity index (χ3n) is 4.00. The lowest BCUT2D eigenvalue weighted by Gasteiger charge is -2.11. The summed E-state index contributed by atoms with van der Waals surface area (Å²) in [5.41, 5.74) is 2.38. The Bertz CT molecular complexity index is 1000. The van der Waals surface area contributed by atoms with E-state index in [0.29, 0.717) is 0 Å². The van der Waals surface area contributed by atoms with Crippen molar-refractivity contribution in [3.8, 4) is 11.1 Å². The van der Waals surface area contributed by atoms with Crippen LogP contribution >= 0.6 is 27.5 Å². The van der Waals surface area contributed by atoms with E-state index >= 15 is 0 Å². The van der Waals surface area contributed by atoms with Gasteiger partial charge in [-0.1, -0.05) is 82.1 Å². The second-order valence-corrected chi connectivity index (χ2v) is 6.58. The molecule has 0 spiro atoms. The summed E-state index contributed by atoms with van der Waals surface area (Å²) in [5, 5.41) is 5.51. The van der Waals surface area contributed by atoms with Gasteiger partial charge in [0.05, 0.1) is 0 Å². The third-order valence-corrected chi connectivity index (χ3v) is 4.99. The second-order valence-electron chi connectivity index (χ2n) is 5.32. The Morgan fingerprint density at radius 2 is 1.41 bits per heavy atom.